The molecule has 1 saturated heterocycles. The smallest absolute Gasteiger partial charge is 0.191 e. The average Bonchev–Trinajstić information content (AvgIpc) is 2.65. The molecule has 1 aromatic carbocycles. The normalized spacial score (nSPS) is 17.8. The van der Waals surface area contributed by atoms with E-state index < -0.39 is 11.9 Å². The van der Waals surface area contributed by atoms with Crippen molar-refractivity contribution >= 4 is 5.96 Å². The fraction of sp³-hybridized carbons (Fsp3) is 0.650. The number of aliphatic imine (C=N–C) groups is 1. The topological polar surface area (TPSA) is 59.9 Å². The SMILES string of the molecule is CCNC(=NCC(C)(C)N1CCCCC1)NCC(O)c1ccccc1F. The molecule has 1 aliphatic heterocycles. The van der Waals surface area contributed by atoms with Crippen molar-refractivity contribution in [1.82, 2.24) is 15.5 Å². The lowest BCUT2D eigenvalue weighted by molar-refractivity contribution is 0.102. The largest absolute Gasteiger partial charge is 0.386 e. The lowest BCUT2D eigenvalue weighted by Gasteiger charge is -2.40. The average molecular weight is 365 g/mol. The van der Waals surface area contributed by atoms with E-state index >= 15 is 0 Å². The number of halogens is 1. The lowest BCUT2D eigenvalue weighted by atomic mass is 9.99. The number of hydrogen-bond acceptors (Lipinski definition) is 3. The number of nitrogens with one attached hydrogen (secondary N) is 2. The van der Waals surface area contributed by atoms with Crippen LogP contribution in [-0.2, 0) is 0 Å². The third-order valence-electron chi connectivity index (χ3n) is 4.91. The van der Waals surface area contributed by atoms with Gasteiger partial charge in [-0.1, -0.05) is 24.6 Å². The Balaban J connectivity index is 1.94. The number of benzene rings is 1. The summed E-state index contributed by atoms with van der Waals surface area (Å²) in [6, 6.07) is 6.31. The zero-order valence-corrected chi connectivity index (χ0v) is 16.3. The highest BCUT2D eigenvalue weighted by molar-refractivity contribution is 5.79. The van der Waals surface area contributed by atoms with E-state index in [1.54, 1.807) is 18.2 Å². The standard InChI is InChI=1S/C20H33FN4O/c1-4-22-19(23-14-18(26)16-10-6-7-11-17(16)21)24-15-20(2,3)25-12-8-5-9-13-25/h6-7,10-11,18,26H,4-5,8-9,12-15H2,1-3H3,(H2,22,23,24). The number of rotatable bonds is 7. The molecule has 26 heavy (non-hydrogen) atoms. The van der Waals surface area contributed by atoms with Crippen molar-refractivity contribution < 1.29 is 9.50 Å². The summed E-state index contributed by atoms with van der Waals surface area (Å²) in [5, 5.41) is 16.6. The Labute approximate surface area is 156 Å². The van der Waals surface area contributed by atoms with Crippen molar-refractivity contribution in [1.29, 1.82) is 0 Å². The molecule has 0 spiro atoms. The van der Waals surface area contributed by atoms with E-state index in [2.05, 4.69) is 29.4 Å². The van der Waals surface area contributed by atoms with Crippen molar-refractivity contribution in [3.8, 4) is 0 Å². The molecule has 2 rings (SSSR count). The molecule has 1 aromatic rings. The number of aliphatic hydroxyl groups is 1. The molecule has 0 radical (unpaired) electrons. The molecule has 1 aliphatic rings. The van der Waals surface area contributed by atoms with Crippen molar-refractivity contribution in [3.05, 3.63) is 35.6 Å². The van der Waals surface area contributed by atoms with Crippen LogP contribution in [0.2, 0.25) is 0 Å². The zero-order valence-electron chi connectivity index (χ0n) is 16.3. The van der Waals surface area contributed by atoms with Crippen molar-refractivity contribution in [2.24, 2.45) is 4.99 Å². The Morgan fingerprint density at radius 2 is 1.92 bits per heavy atom. The minimum atomic E-state index is -0.921. The molecule has 1 unspecified atom stereocenters. The van der Waals surface area contributed by atoms with Gasteiger partial charge >= 0.3 is 0 Å². The number of piperidine rings is 1. The van der Waals surface area contributed by atoms with Crippen molar-refractivity contribution in [3.63, 3.8) is 0 Å². The monoisotopic (exact) mass is 364 g/mol. The highest BCUT2D eigenvalue weighted by Gasteiger charge is 2.27. The minimum Gasteiger partial charge on any atom is -0.386 e. The summed E-state index contributed by atoms with van der Waals surface area (Å²) in [5.74, 6) is 0.253. The van der Waals surface area contributed by atoms with E-state index in [1.165, 1.54) is 25.3 Å². The molecule has 1 atom stereocenters. The maximum absolute atomic E-state index is 13.8. The van der Waals surface area contributed by atoms with Crippen LogP contribution in [0.25, 0.3) is 0 Å². The van der Waals surface area contributed by atoms with Crippen LogP contribution in [0.1, 0.15) is 51.7 Å². The Kier molecular flexibility index (Phi) is 7.85. The van der Waals surface area contributed by atoms with Gasteiger partial charge in [-0.25, -0.2) is 4.39 Å². The van der Waals surface area contributed by atoms with Crippen LogP contribution in [-0.4, -0.2) is 54.2 Å². The third-order valence-corrected chi connectivity index (χ3v) is 4.91. The maximum atomic E-state index is 13.8. The summed E-state index contributed by atoms with van der Waals surface area (Å²) in [6.45, 7) is 10.3. The first kappa shape index (κ1) is 20.6. The van der Waals surface area contributed by atoms with E-state index in [1.807, 2.05) is 6.92 Å². The first-order valence-electron chi connectivity index (χ1n) is 9.64. The molecule has 0 aliphatic carbocycles. The fourth-order valence-corrected chi connectivity index (χ4v) is 3.26. The summed E-state index contributed by atoms with van der Waals surface area (Å²) >= 11 is 0. The fourth-order valence-electron chi connectivity index (χ4n) is 3.26. The molecule has 0 saturated carbocycles. The Morgan fingerprint density at radius 3 is 2.58 bits per heavy atom. The number of hydrogen-bond donors (Lipinski definition) is 3. The lowest BCUT2D eigenvalue weighted by Crippen LogP contribution is -2.49. The van der Waals surface area contributed by atoms with Gasteiger partial charge in [0.1, 0.15) is 5.82 Å². The van der Waals surface area contributed by atoms with Crippen LogP contribution >= 0.6 is 0 Å². The molecule has 1 fully saturated rings. The maximum Gasteiger partial charge on any atom is 0.191 e. The molecule has 0 aromatic heterocycles. The van der Waals surface area contributed by atoms with Crippen molar-refractivity contribution in [2.45, 2.75) is 51.7 Å². The van der Waals surface area contributed by atoms with Gasteiger partial charge in [0.2, 0.25) is 0 Å². The second kappa shape index (κ2) is 9.88. The van der Waals surface area contributed by atoms with Gasteiger partial charge in [0.05, 0.1) is 12.6 Å². The van der Waals surface area contributed by atoms with Crippen LogP contribution in [0.3, 0.4) is 0 Å². The second-order valence-corrected chi connectivity index (χ2v) is 7.47. The van der Waals surface area contributed by atoms with E-state index in [0.717, 1.165) is 19.6 Å². The van der Waals surface area contributed by atoms with Gasteiger partial charge in [-0.3, -0.25) is 9.89 Å². The Morgan fingerprint density at radius 1 is 1.23 bits per heavy atom. The van der Waals surface area contributed by atoms with Crippen LogP contribution < -0.4 is 10.6 Å². The van der Waals surface area contributed by atoms with Gasteiger partial charge in [0, 0.05) is 24.2 Å². The van der Waals surface area contributed by atoms with Gasteiger partial charge in [0.15, 0.2) is 5.96 Å². The van der Waals surface area contributed by atoms with E-state index in [-0.39, 0.29) is 12.1 Å². The second-order valence-electron chi connectivity index (χ2n) is 7.47. The van der Waals surface area contributed by atoms with Gasteiger partial charge in [0.25, 0.3) is 0 Å². The number of aliphatic hydroxyl groups excluding tert-OH is 1. The summed E-state index contributed by atoms with van der Waals surface area (Å²) < 4.78 is 13.8. The number of likely N-dealkylation sites (tertiary alicyclic amines) is 1. The van der Waals surface area contributed by atoms with Crippen LogP contribution in [0.15, 0.2) is 29.3 Å². The summed E-state index contributed by atoms with van der Waals surface area (Å²) in [5.41, 5.74) is 0.289. The highest BCUT2D eigenvalue weighted by Crippen LogP contribution is 2.21. The molecule has 0 amide bonds. The minimum absolute atomic E-state index is 0.00702. The molecule has 3 N–H and O–H groups in total. The van der Waals surface area contributed by atoms with Gasteiger partial charge < -0.3 is 15.7 Å². The van der Waals surface area contributed by atoms with E-state index in [4.69, 9.17) is 4.99 Å². The predicted octanol–water partition coefficient (Wildman–Crippen LogP) is 2.68. The summed E-state index contributed by atoms with van der Waals surface area (Å²) in [6.07, 6.45) is 2.89. The number of nitrogens with zero attached hydrogens (tertiary/aromatic N) is 2. The van der Waals surface area contributed by atoms with Gasteiger partial charge in [-0.05, 0) is 52.8 Å². The predicted molar refractivity (Wildman–Crippen MR) is 105 cm³/mol. The van der Waals surface area contributed by atoms with Crippen LogP contribution in [0.5, 0.6) is 0 Å². The van der Waals surface area contributed by atoms with E-state index in [0.29, 0.717) is 18.1 Å². The third kappa shape index (κ3) is 5.95. The van der Waals surface area contributed by atoms with Crippen molar-refractivity contribution in [2.75, 3.05) is 32.7 Å². The highest BCUT2D eigenvalue weighted by atomic mass is 19.1. The van der Waals surface area contributed by atoms with Gasteiger partial charge in [-0.2, -0.15) is 0 Å². The first-order valence-corrected chi connectivity index (χ1v) is 9.64. The van der Waals surface area contributed by atoms with Crippen LogP contribution in [0.4, 0.5) is 4.39 Å². The van der Waals surface area contributed by atoms with E-state index in [9.17, 15) is 9.50 Å². The molecular formula is C20H33FN4O. The molecule has 6 heteroatoms. The Bertz CT molecular complexity index is 585. The molecule has 1 heterocycles. The van der Waals surface area contributed by atoms with Gasteiger partial charge in [-0.15, -0.1) is 0 Å². The van der Waals surface area contributed by atoms with Crippen LogP contribution in [0, 0.1) is 5.82 Å². The Hall–Kier alpha value is -1.66. The molecule has 0 bridgehead atoms. The quantitative estimate of drug-likeness (QED) is 0.514. The summed E-state index contributed by atoms with van der Waals surface area (Å²) in [4.78, 5) is 7.19. The molecule has 146 valence electrons. The first-order chi connectivity index (χ1) is 12.4. The molecule has 5 nitrogen and oxygen atoms in total. The number of guanidine groups is 1. The zero-order chi connectivity index (χ0) is 19.0. The molecular weight excluding hydrogens is 331 g/mol. The summed E-state index contributed by atoms with van der Waals surface area (Å²) in [7, 11) is 0.